The molecular weight excluding hydrogens is 326 g/mol. The maximum absolute atomic E-state index is 12.4. The van der Waals surface area contributed by atoms with Crippen molar-refractivity contribution in [2.75, 3.05) is 20.0 Å². The van der Waals surface area contributed by atoms with Crippen molar-refractivity contribution in [1.82, 2.24) is 14.8 Å². The van der Waals surface area contributed by atoms with Crippen LogP contribution in [0.4, 0.5) is 0 Å². The van der Waals surface area contributed by atoms with Crippen LogP contribution in [0.25, 0.3) is 0 Å². The molecule has 0 saturated carbocycles. The van der Waals surface area contributed by atoms with E-state index in [2.05, 4.69) is 16.8 Å². The summed E-state index contributed by atoms with van der Waals surface area (Å²) in [7, 11) is 3.11. The number of benzene rings is 1. The summed E-state index contributed by atoms with van der Waals surface area (Å²) >= 11 is 1.37. The number of aromatic nitrogens is 3. The van der Waals surface area contributed by atoms with Gasteiger partial charge in [0.05, 0.1) is 20.0 Å². The van der Waals surface area contributed by atoms with Crippen molar-refractivity contribution in [3.05, 3.63) is 42.2 Å². The van der Waals surface area contributed by atoms with Gasteiger partial charge in [-0.15, -0.1) is 16.8 Å². The van der Waals surface area contributed by atoms with E-state index in [1.807, 2.05) is 11.5 Å². The van der Waals surface area contributed by atoms with Crippen LogP contribution in [0.5, 0.6) is 11.5 Å². The zero-order valence-corrected chi connectivity index (χ0v) is 14.9. The predicted octanol–water partition coefficient (Wildman–Crippen LogP) is 3.02. The van der Waals surface area contributed by atoms with E-state index in [1.165, 1.54) is 11.8 Å². The lowest BCUT2D eigenvalue weighted by atomic mass is 10.1. The number of hydrogen-bond donors (Lipinski definition) is 0. The molecule has 2 rings (SSSR count). The Kier molecular flexibility index (Phi) is 6.43. The third-order valence-electron chi connectivity index (χ3n) is 3.46. The monoisotopic (exact) mass is 347 g/mol. The largest absolute Gasteiger partial charge is 0.493 e. The molecule has 0 spiro atoms. The Bertz CT molecular complexity index is 728. The van der Waals surface area contributed by atoms with Crippen LogP contribution in [0.1, 0.15) is 23.1 Å². The molecule has 0 aliphatic heterocycles. The summed E-state index contributed by atoms with van der Waals surface area (Å²) in [5.41, 5.74) is 0.575. The molecular formula is C17H21N3O3S. The number of carbonyl (C=O) groups is 1. The van der Waals surface area contributed by atoms with E-state index >= 15 is 0 Å². The molecule has 1 aromatic heterocycles. The Morgan fingerprint density at radius 1 is 1.29 bits per heavy atom. The number of allylic oxidation sites excluding steroid dienone is 1. The van der Waals surface area contributed by atoms with Crippen LogP contribution in [0.15, 0.2) is 36.0 Å². The van der Waals surface area contributed by atoms with Crippen molar-refractivity contribution >= 4 is 17.5 Å². The van der Waals surface area contributed by atoms with Crippen LogP contribution >= 0.6 is 11.8 Å². The highest BCUT2D eigenvalue weighted by molar-refractivity contribution is 7.99. The normalized spacial score (nSPS) is 10.5. The van der Waals surface area contributed by atoms with Gasteiger partial charge in [-0.05, 0) is 18.2 Å². The third kappa shape index (κ3) is 3.97. The van der Waals surface area contributed by atoms with E-state index in [1.54, 1.807) is 38.5 Å². The maximum atomic E-state index is 12.4. The predicted molar refractivity (Wildman–Crippen MR) is 94.2 cm³/mol. The zero-order chi connectivity index (χ0) is 17.5. The second-order valence-electron chi connectivity index (χ2n) is 4.93. The Morgan fingerprint density at radius 3 is 2.67 bits per heavy atom. The Balaban J connectivity index is 2.11. The number of methoxy groups -OCH3 is 2. The van der Waals surface area contributed by atoms with Gasteiger partial charge in [0, 0.05) is 18.5 Å². The molecule has 0 saturated heterocycles. The minimum absolute atomic E-state index is 0.00726. The highest BCUT2D eigenvalue weighted by Gasteiger charge is 2.15. The second kappa shape index (κ2) is 8.54. The summed E-state index contributed by atoms with van der Waals surface area (Å²) < 4.78 is 12.4. The van der Waals surface area contributed by atoms with Gasteiger partial charge in [0.2, 0.25) is 0 Å². The summed E-state index contributed by atoms with van der Waals surface area (Å²) in [4.78, 5) is 12.4. The van der Waals surface area contributed by atoms with Crippen LogP contribution in [0, 0.1) is 0 Å². The number of Topliss-reactive ketones (excluding diaryl/α,β-unsaturated/α-hetero) is 1. The molecule has 24 heavy (non-hydrogen) atoms. The molecule has 0 N–H and O–H groups in total. The van der Waals surface area contributed by atoms with Gasteiger partial charge in [-0.3, -0.25) is 4.79 Å². The van der Waals surface area contributed by atoms with Crippen LogP contribution in [-0.2, 0) is 13.0 Å². The molecule has 0 atom stereocenters. The minimum Gasteiger partial charge on any atom is -0.493 e. The molecule has 7 heteroatoms. The lowest BCUT2D eigenvalue weighted by Gasteiger charge is -2.09. The van der Waals surface area contributed by atoms with Crippen LogP contribution in [0.3, 0.4) is 0 Å². The lowest BCUT2D eigenvalue weighted by molar-refractivity contribution is 0.102. The van der Waals surface area contributed by atoms with Crippen LogP contribution in [-0.4, -0.2) is 40.5 Å². The number of thioether (sulfide) groups is 1. The molecule has 0 bridgehead atoms. The summed E-state index contributed by atoms with van der Waals surface area (Å²) in [6.07, 6.45) is 2.58. The number of rotatable bonds is 9. The lowest BCUT2D eigenvalue weighted by Crippen LogP contribution is -2.06. The van der Waals surface area contributed by atoms with Gasteiger partial charge in [0.15, 0.2) is 22.4 Å². The fourth-order valence-electron chi connectivity index (χ4n) is 2.22. The van der Waals surface area contributed by atoms with Crippen molar-refractivity contribution in [3.63, 3.8) is 0 Å². The van der Waals surface area contributed by atoms with Crippen molar-refractivity contribution in [2.45, 2.75) is 25.0 Å². The van der Waals surface area contributed by atoms with Gasteiger partial charge < -0.3 is 14.0 Å². The number of ketones is 1. The Labute approximate surface area is 145 Å². The van der Waals surface area contributed by atoms with E-state index in [0.29, 0.717) is 23.6 Å². The molecule has 1 aromatic carbocycles. The SMILES string of the molecule is C=CCn1c(CC)nnc1SCC(=O)c1ccc(OC)c(OC)c1. The van der Waals surface area contributed by atoms with Crippen molar-refractivity contribution in [2.24, 2.45) is 0 Å². The third-order valence-corrected chi connectivity index (χ3v) is 4.43. The molecule has 0 fully saturated rings. The van der Waals surface area contributed by atoms with Gasteiger partial charge in [-0.2, -0.15) is 0 Å². The summed E-state index contributed by atoms with van der Waals surface area (Å²) in [5.74, 6) is 2.29. The van der Waals surface area contributed by atoms with Gasteiger partial charge >= 0.3 is 0 Å². The molecule has 6 nitrogen and oxygen atoms in total. The number of nitrogens with zero attached hydrogens (tertiary/aromatic N) is 3. The van der Waals surface area contributed by atoms with Gasteiger partial charge in [0.1, 0.15) is 5.82 Å². The molecule has 0 aliphatic rings. The van der Waals surface area contributed by atoms with Crippen molar-refractivity contribution in [1.29, 1.82) is 0 Å². The highest BCUT2D eigenvalue weighted by Crippen LogP contribution is 2.28. The molecule has 0 unspecified atom stereocenters. The summed E-state index contributed by atoms with van der Waals surface area (Å²) in [5, 5.41) is 9.04. The number of aryl methyl sites for hydroxylation is 1. The number of carbonyl (C=O) groups excluding carboxylic acids is 1. The highest BCUT2D eigenvalue weighted by atomic mass is 32.2. The Morgan fingerprint density at radius 2 is 2.04 bits per heavy atom. The van der Waals surface area contributed by atoms with Crippen LogP contribution in [0.2, 0.25) is 0 Å². The molecule has 2 aromatic rings. The first kappa shape index (κ1) is 18.1. The standard InChI is InChI=1S/C17H21N3O3S/c1-5-9-20-16(6-2)18-19-17(20)24-11-13(21)12-7-8-14(22-3)15(10-12)23-4/h5,7-8,10H,1,6,9,11H2,2-4H3. The number of ether oxygens (including phenoxy) is 2. The average Bonchev–Trinajstić information content (AvgIpc) is 3.01. The van der Waals surface area contributed by atoms with E-state index in [4.69, 9.17) is 9.47 Å². The van der Waals surface area contributed by atoms with E-state index in [9.17, 15) is 4.79 Å². The second-order valence-corrected chi connectivity index (χ2v) is 5.88. The first-order chi connectivity index (χ1) is 11.6. The molecule has 0 radical (unpaired) electrons. The topological polar surface area (TPSA) is 66.2 Å². The zero-order valence-electron chi connectivity index (χ0n) is 14.1. The molecule has 0 aliphatic carbocycles. The van der Waals surface area contributed by atoms with E-state index in [0.717, 1.165) is 17.4 Å². The molecule has 0 amide bonds. The van der Waals surface area contributed by atoms with Gasteiger partial charge in [-0.25, -0.2) is 0 Å². The van der Waals surface area contributed by atoms with E-state index in [-0.39, 0.29) is 11.5 Å². The molecule has 1 heterocycles. The van der Waals surface area contributed by atoms with Crippen molar-refractivity contribution < 1.29 is 14.3 Å². The average molecular weight is 347 g/mol. The summed E-state index contributed by atoms with van der Waals surface area (Å²) in [6, 6.07) is 5.15. The maximum Gasteiger partial charge on any atom is 0.191 e. The van der Waals surface area contributed by atoms with Crippen LogP contribution < -0.4 is 9.47 Å². The molecule has 128 valence electrons. The van der Waals surface area contributed by atoms with Crippen molar-refractivity contribution in [3.8, 4) is 11.5 Å². The number of hydrogen-bond acceptors (Lipinski definition) is 6. The quantitative estimate of drug-likeness (QED) is 0.395. The first-order valence-electron chi connectivity index (χ1n) is 7.55. The summed E-state index contributed by atoms with van der Waals surface area (Å²) in [6.45, 7) is 6.40. The fourth-order valence-corrected chi connectivity index (χ4v) is 3.08. The minimum atomic E-state index is -0.00726. The van der Waals surface area contributed by atoms with Gasteiger partial charge in [0.25, 0.3) is 0 Å². The first-order valence-corrected chi connectivity index (χ1v) is 8.54. The smallest absolute Gasteiger partial charge is 0.191 e. The Hall–Kier alpha value is -2.28. The van der Waals surface area contributed by atoms with E-state index < -0.39 is 0 Å². The van der Waals surface area contributed by atoms with Gasteiger partial charge in [-0.1, -0.05) is 24.8 Å². The fraction of sp³-hybridized carbons (Fsp3) is 0.353.